The molecule has 2 aromatic carbocycles. The van der Waals surface area contributed by atoms with E-state index in [0.717, 1.165) is 22.8 Å². The molecule has 0 spiro atoms. The monoisotopic (exact) mass is 326 g/mol. The molecule has 2 nitrogen and oxygen atoms in total. The Morgan fingerprint density at radius 2 is 1.67 bits per heavy atom. The minimum atomic E-state index is 0.931. The highest BCUT2D eigenvalue weighted by atomic mass is 32.1. The van der Waals surface area contributed by atoms with Gasteiger partial charge in [0.1, 0.15) is 5.01 Å². The molecule has 0 radical (unpaired) electrons. The van der Waals surface area contributed by atoms with Crippen LogP contribution in [-0.2, 0) is 6.42 Å². The molecule has 0 saturated carbocycles. The van der Waals surface area contributed by atoms with Gasteiger partial charge in [-0.15, -0.1) is 11.3 Å². The van der Waals surface area contributed by atoms with Crippen molar-refractivity contribution in [2.45, 2.75) is 6.42 Å². The summed E-state index contributed by atoms with van der Waals surface area (Å²) in [5.74, 6) is 0. The number of aromatic nitrogens is 2. The second kappa shape index (κ2) is 5.39. The van der Waals surface area contributed by atoms with Gasteiger partial charge in [-0.3, -0.25) is 4.98 Å². The molecule has 114 valence electrons. The lowest BCUT2D eigenvalue weighted by atomic mass is 10.0. The minimum Gasteiger partial charge on any atom is -0.254 e. The maximum Gasteiger partial charge on any atom is 0.142 e. The molecular weight excluding hydrogens is 312 g/mol. The molecule has 24 heavy (non-hydrogen) atoms. The molecule has 0 bridgehead atoms. The quantitative estimate of drug-likeness (QED) is 0.431. The largest absolute Gasteiger partial charge is 0.254 e. The number of rotatable bonds is 2. The molecule has 0 unspecified atom stereocenters. The number of nitrogens with zero attached hydrogens (tertiary/aromatic N) is 2. The third-order valence-corrected chi connectivity index (χ3v) is 5.35. The van der Waals surface area contributed by atoms with Crippen molar-refractivity contribution in [3.63, 3.8) is 0 Å². The summed E-state index contributed by atoms with van der Waals surface area (Å²) in [6.45, 7) is 0. The van der Waals surface area contributed by atoms with Gasteiger partial charge in [0.25, 0.3) is 0 Å². The highest BCUT2D eigenvalue weighted by Crippen LogP contribution is 2.39. The zero-order chi connectivity index (χ0) is 15.9. The molecule has 2 heterocycles. The highest BCUT2D eigenvalue weighted by Gasteiger charge is 2.18. The van der Waals surface area contributed by atoms with Gasteiger partial charge in [0.05, 0.1) is 11.4 Å². The van der Waals surface area contributed by atoms with Crippen LogP contribution in [0.15, 0.2) is 72.2 Å². The summed E-state index contributed by atoms with van der Waals surface area (Å²) in [6.07, 6.45) is 2.84. The second-order valence-electron chi connectivity index (χ2n) is 5.96. The smallest absolute Gasteiger partial charge is 0.142 e. The molecule has 0 aliphatic heterocycles. The fourth-order valence-corrected chi connectivity index (χ4v) is 4.10. The Labute approximate surface area is 144 Å². The molecule has 3 heteroatoms. The third kappa shape index (κ3) is 2.17. The van der Waals surface area contributed by atoms with Gasteiger partial charge < -0.3 is 0 Å². The van der Waals surface area contributed by atoms with Crippen molar-refractivity contribution in [3.05, 3.63) is 83.4 Å². The van der Waals surface area contributed by atoms with E-state index in [4.69, 9.17) is 4.98 Å². The van der Waals surface area contributed by atoms with Crippen molar-refractivity contribution in [1.82, 2.24) is 9.97 Å². The Hall–Kier alpha value is -2.78. The third-order valence-electron chi connectivity index (χ3n) is 4.48. The van der Waals surface area contributed by atoms with Crippen LogP contribution >= 0.6 is 11.3 Å². The highest BCUT2D eigenvalue weighted by molar-refractivity contribution is 7.13. The van der Waals surface area contributed by atoms with Crippen molar-refractivity contribution >= 4 is 11.3 Å². The van der Waals surface area contributed by atoms with Gasteiger partial charge in [0.15, 0.2) is 0 Å². The summed E-state index contributed by atoms with van der Waals surface area (Å²) in [5.41, 5.74) is 8.64. The van der Waals surface area contributed by atoms with Crippen LogP contribution < -0.4 is 0 Å². The van der Waals surface area contributed by atoms with E-state index >= 15 is 0 Å². The van der Waals surface area contributed by atoms with E-state index in [1.807, 2.05) is 24.4 Å². The topological polar surface area (TPSA) is 25.8 Å². The standard InChI is InChI=1S/C21H14N2S/c1-2-6-17-14(5-1)11-15-8-9-16(12-18(15)17)20-13-24-21(23-20)19-7-3-4-10-22-19/h1-10,12-13H,11H2. The molecule has 1 aliphatic carbocycles. The van der Waals surface area contributed by atoms with Gasteiger partial charge >= 0.3 is 0 Å². The molecule has 4 aromatic rings. The Balaban J connectivity index is 1.57. The van der Waals surface area contributed by atoms with Crippen molar-refractivity contribution < 1.29 is 0 Å². The molecule has 5 rings (SSSR count). The van der Waals surface area contributed by atoms with Crippen LogP contribution in [0.25, 0.3) is 33.1 Å². The lowest BCUT2D eigenvalue weighted by molar-refractivity contribution is 1.26. The van der Waals surface area contributed by atoms with Gasteiger partial charge in [-0.2, -0.15) is 0 Å². The van der Waals surface area contributed by atoms with Gasteiger partial charge in [0, 0.05) is 17.1 Å². The first-order chi connectivity index (χ1) is 11.9. The summed E-state index contributed by atoms with van der Waals surface area (Å²) >= 11 is 1.64. The molecule has 0 fully saturated rings. The average molecular weight is 326 g/mol. The average Bonchev–Trinajstić information content (AvgIpc) is 3.27. The summed E-state index contributed by atoms with van der Waals surface area (Å²) < 4.78 is 0. The first-order valence-electron chi connectivity index (χ1n) is 7.97. The summed E-state index contributed by atoms with van der Waals surface area (Å²) in [4.78, 5) is 9.18. The maximum absolute atomic E-state index is 4.79. The number of pyridine rings is 1. The first-order valence-corrected chi connectivity index (χ1v) is 8.85. The van der Waals surface area contributed by atoms with E-state index in [1.54, 1.807) is 11.3 Å². The SMILES string of the molecule is c1ccc(-c2nc(-c3ccc4c(c3)-c3ccccc3C4)cs2)nc1. The minimum absolute atomic E-state index is 0.931. The first kappa shape index (κ1) is 13.6. The number of thiazole rings is 1. The second-order valence-corrected chi connectivity index (χ2v) is 6.82. The van der Waals surface area contributed by atoms with Crippen molar-refractivity contribution in [2.75, 3.05) is 0 Å². The van der Waals surface area contributed by atoms with Crippen LogP contribution in [0.2, 0.25) is 0 Å². The Bertz CT molecular complexity index is 1030. The fourth-order valence-electron chi connectivity index (χ4n) is 3.30. The molecule has 2 aromatic heterocycles. The molecule has 1 aliphatic rings. The molecule has 0 amide bonds. The lowest BCUT2D eigenvalue weighted by Crippen LogP contribution is -1.84. The van der Waals surface area contributed by atoms with Crippen molar-refractivity contribution in [1.29, 1.82) is 0 Å². The van der Waals surface area contributed by atoms with Crippen LogP contribution in [0.5, 0.6) is 0 Å². The maximum atomic E-state index is 4.79. The van der Waals surface area contributed by atoms with Crippen molar-refractivity contribution in [2.24, 2.45) is 0 Å². The van der Waals surface area contributed by atoms with Gasteiger partial charge in [0.2, 0.25) is 0 Å². The van der Waals surface area contributed by atoms with Crippen LogP contribution in [0, 0.1) is 0 Å². The van der Waals surface area contributed by atoms with Gasteiger partial charge in [-0.05, 0) is 46.9 Å². The van der Waals surface area contributed by atoms with E-state index in [1.165, 1.54) is 27.8 Å². The Morgan fingerprint density at radius 3 is 2.58 bits per heavy atom. The number of benzene rings is 2. The Kier molecular flexibility index (Phi) is 3.06. The lowest BCUT2D eigenvalue weighted by Gasteiger charge is -2.04. The fraction of sp³-hybridized carbons (Fsp3) is 0.0476. The van der Waals surface area contributed by atoms with Crippen LogP contribution in [0.4, 0.5) is 0 Å². The zero-order valence-corrected chi connectivity index (χ0v) is 13.8. The normalized spacial score (nSPS) is 12.0. The molecular formula is C21H14N2S. The summed E-state index contributed by atoms with van der Waals surface area (Å²) in [6, 6.07) is 21.3. The Morgan fingerprint density at radius 1 is 0.792 bits per heavy atom. The number of hydrogen-bond acceptors (Lipinski definition) is 3. The number of fused-ring (bicyclic) bond motifs is 3. The molecule has 0 atom stereocenters. The van der Waals surface area contributed by atoms with E-state index in [-0.39, 0.29) is 0 Å². The molecule has 0 N–H and O–H groups in total. The van der Waals surface area contributed by atoms with Crippen LogP contribution in [-0.4, -0.2) is 9.97 Å². The van der Waals surface area contributed by atoms with E-state index in [2.05, 4.69) is 52.8 Å². The summed E-state index contributed by atoms with van der Waals surface area (Å²) in [5, 5.41) is 3.08. The predicted molar refractivity (Wildman–Crippen MR) is 99.0 cm³/mol. The van der Waals surface area contributed by atoms with E-state index in [9.17, 15) is 0 Å². The van der Waals surface area contributed by atoms with E-state index in [0.29, 0.717) is 0 Å². The summed E-state index contributed by atoms with van der Waals surface area (Å²) in [7, 11) is 0. The van der Waals surface area contributed by atoms with Gasteiger partial charge in [-0.1, -0.05) is 42.5 Å². The zero-order valence-electron chi connectivity index (χ0n) is 12.9. The van der Waals surface area contributed by atoms with Gasteiger partial charge in [-0.25, -0.2) is 4.98 Å². The predicted octanol–water partition coefficient (Wildman–Crippen LogP) is 5.44. The molecule has 0 saturated heterocycles. The van der Waals surface area contributed by atoms with Crippen LogP contribution in [0.1, 0.15) is 11.1 Å². The van der Waals surface area contributed by atoms with Crippen molar-refractivity contribution in [3.8, 4) is 33.1 Å². The van der Waals surface area contributed by atoms with E-state index < -0.39 is 0 Å². The number of hydrogen-bond donors (Lipinski definition) is 0. The van der Waals surface area contributed by atoms with Crippen LogP contribution in [0.3, 0.4) is 0 Å².